The Morgan fingerprint density at radius 3 is 2.83 bits per heavy atom. The molecule has 24 heavy (non-hydrogen) atoms. The number of rotatable bonds is 5. The molecule has 0 saturated carbocycles. The van der Waals surface area contributed by atoms with Crippen molar-refractivity contribution in [2.45, 2.75) is 19.3 Å². The number of para-hydroxylation sites is 1. The van der Waals surface area contributed by atoms with Crippen molar-refractivity contribution in [2.75, 3.05) is 53.0 Å². The number of likely N-dealkylation sites (tertiary alicyclic amines) is 1. The summed E-state index contributed by atoms with van der Waals surface area (Å²) >= 11 is 0. The summed E-state index contributed by atoms with van der Waals surface area (Å²) in [6.07, 6.45) is 3.41. The second kappa shape index (κ2) is 8.49. The highest BCUT2D eigenvalue weighted by Crippen LogP contribution is 2.26. The van der Waals surface area contributed by atoms with Gasteiger partial charge in [0.2, 0.25) is 5.91 Å². The zero-order valence-electron chi connectivity index (χ0n) is 14.6. The Hall–Kier alpha value is -1.59. The van der Waals surface area contributed by atoms with E-state index in [9.17, 15) is 4.79 Å². The van der Waals surface area contributed by atoms with Crippen LogP contribution in [0.5, 0.6) is 5.75 Å². The molecule has 3 rings (SSSR count). The van der Waals surface area contributed by atoms with Crippen molar-refractivity contribution in [3.8, 4) is 5.75 Å². The monoisotopic (exact) mass is 332 g/mol. The number of benzene rings is 1. The van der Waals surface area contributed by atoms with Crippen molar-refractivity contribution in [3.63, 3.8) is 0 Å². The van der Waals surface area contributed by atoms with Crippen LogP contribution < -0.4 is 4.74 Å². The molecular weight excluding hydrogens is 304 g/mol. The lowest BCUT2D eigenvalue weighted by molar-refractivity contribution is -0.136. The highest BCUT2D eigenvalue weighted by molar-refractivity contribution is 5.78. The van der Waals surface area contributed by atoms with Crippen molar-refractivity contribution in [1.29, 1.82) is 0 Å². The highest BCUT2D eigenvalue weighted by atomic mass is 16.5. The standard InChI is InChI=1S/C19H28N2O3/c1-23-18-7-3-2-6-17(18)13-16-5-4-8-20(14-16)15-19(22)21-9-11-24-12-10-21/h2-3,6-7,16H,4-5,8-15H2,1H3/t16-/m1/s1. The van der Waals surface area contributed by atoms with Crippen LogP contribution in [0.3, 0.4) is 0 Å². The summed E-state index contributed by atoms with van der Waals surface area (Å²) < 4.78 is 10.8. The summed E-state index contributed by atoms with van der Waals surface area (Å²) in [7, 11) is 1.73. The van der Waals surface area contributed by atoms with E-state index < -0.39 is 0 Å². The van der Waals surface area contributed by atoms with Crippen LogP contribution in [0.4, 0.5) is 0 Å². The van der Waals surface area contributed by atoms with Crippen LogP contribution in [-0.2, 0) is 16.0 Å². The first-order valence-corrected chi connectivity index (χ1v) is 8.96. The van der Waals surface area contributed by atoms with Gasteiger partial charge in [-0.05, 0) is 43.4 Å². The predicted molar refractivity (Wildman–Crippen MR) is 93.3 cm³/mol. The summed E-state index contributed by atoms with van der Waals surface area (Å²) in [6, 6.07) is 8.26. The normalized spacial score (nSPS) is 22.4. The maximum atomic E-state index is 12.4. The molecule has 2 fully saturated rings. The van der Waals surface area contributed by atoms with E-state index in [1.165, 1.54) is 12.0 Å². The van der Waals surface area contributed by atoms with Gasteiger partial charge in [0.15, 0.2) is 0 Å². The van der Waals surface area contributed by atoms with E-state index in [2.05, 4.69) is 17.0 Å². The van der Waals surface area contributed by atoms with Gasteiger partial charge in [-0.15, -0.1) is 0 Å². The number of nitrogens with zero attached hydrogens (tertiary/aromatic N) is 2. The lowest BCUT2D eigenvalue weighted by Crippen LogP contribution is -2.47. The molecule has 2 aliphatic rings. The van der Waals surface area contributed by atoms with Crippen molar-refractivity contribution in [2.24, 2.45) is 5.92 Å². The number of morpholine rings is 1. The lowest BCUT2D eigenvalue weighted by atomic mass is 9.91. The van der Waals surface area contributed by atoms with Crippen LogP contribution in [0.15, 0.2) is 24.3 Å². The fraction of sp³-hybridized carbons (Fsp3) is 0.632. The maximum absolute atomic E-state index is 12.4. The molecule has 132 valence electrons. The number of hydrogen-bond acceptors (Lipinski definition) is 4. The fourth-order valence-electron chi connectivity index (χ4n) is 3.75. The molecular formula is C19H28N2O3. The Morgan fingerprint density at radius 1 is 1.25 bits per heavy atom. The first kappa shape index (κ1) is 17.2. The quantitative estimate of drug-likeness (QED) is 0.825. The van der Waals surface area contributed by atoms with E-state index in [1.54, 1.807) is 7.11 Å². The fourth-order valence-corrected chi connectivity index (χ4v) is 3.75. The van der Waals surface area contributed by atoms with Gasteiger partial charge >= 0.3 is 0 Å². The molecule has 0 N–H and O–H groups in total. The van der Waals surface area contributed by atoms with E-state index in [0.29, 0.717) is 25.7 Å². The van der Waals surface area contributed by atoms with Gasteiger partial charge in [-0.1, -0.05) is 18.2 Å². The molecule has 5 nitrogen and oxygen atoms in total. The Kier molecular flexibility index (Phi) is 6.10. The maximum Gasteiger partial charge on any atom is 0.236 e. The summed E-state index contributed by atoms with van der Waals surface area (Å²) in [6.45, 7) is 5.37. The number of piperidine rings is 1. The van der Waals surface area contributed by atoms with Crippen LogP contribution in [-0.4, -0.2) is 68.8 Å². The van der Waals surface area contributed by atoms with Crippen LogP contribution in [0, 0.1) is 5.92 Å². The van der Waals surface area contributed by atoms with Gasteiger partial charge in [-0.2, -0.15) is 0 Å². The number of carbonyl (C=O) groups is 1. The second-order valence-corrected chi connectivity index (χ2v) is 6.75. The van der Waals surface area contributed by atoms with Crippen molar-refractivity contribution in [1.82, 2.24) is 9.80 Å². The molecule has 0 bridgehead atoms. The topological polar surface area (TPSA) is 42.0 Å². The molecule has 5 heteroatoms. The second-order valence-electron chi connectivity index (χ2n) is 6.75. The minimum absolute atomic E-state index is 0.247. The molecule has 2 saturated heterocycles. The van der Waals surface area contributed by atoms with E-state index in [-0.39, 0.29) is 5.91 Å². The highest BCUT2D eigenvalue weighted by Gasteiger charge is 2.25. The molecule has 2 aliphatic heterocycles. The zero-order chi connectivity index (χ0) is 16.8. The summed E-state index contributed by atoms with van der Waals surface area (Å²) in [5.74, 6) is 1.81. The van der Waals surface area contributed by atoms with E-state index in [4.69, 9.17) is 9.47 Å². The Morgan fingerprint density at radius 2 is 2.04 bits per heavy atom. The minimum atomic E-state index is 0.247. The average molecular weight is 332 g/mol. The molecule has 2 heterocycles. The molecule has 1 atom stereocenters. The summed E-state index contributed by atoms with van der Waals surface area (Å²) in [5, 5.41) is 0. The Bertz CT molecular complexity index is 543. The molecule has 0 radical (unpaired) electrons. The number of methoxy groups -OCH3 is 1. The zero-order valence-corrected chi connectivity index (χ0v) is 14.6. The van der Waals surface area contributed by atoms with Gasteiger partial charge in [-0.3, -0.25) is 9.69 Å². The summed E-state index contributed by atoms with van der Waals surface area (Å²) in [5.41, 5.74) is 1.27. The van der Waals surface area contributed by atoms with Gasteiger partial charge < -0.3 is 14.4 Å². The smallest absolute Gasteiger partial charge is 0.236 e. The average Bonchev–Trinajstić information content (AvgIpc) is 2.63. The van der Waals surface area contributed by atoms with Crippen molar-refractivity contribution >= 4 is 5.91 Å². The third-order valence-electron chi connectivity index (χ3n) is 5.03. The molecule has 0 aliphatic carbocycles. The minimum Gasteiger partial charge on any atom is -0.496 e. The van der Waals surface area contributed by atoms with Crippen molar-refractivity contribution in [3.05, 3.63) is 29.8 Å². The van der Waals surface area contributed by atoms with E-state index in [1.807, 2.05) is 17.0 Å². The molecule has 1 aromatic rings. The lowest BCUT2D eigenvalue weighted by Gasteiger charge is -2.35. The first-order valence-electron chi connectivity index (χ1n) is 8.96. The SMILES string of the molecule is COc1ccccc1C[C@H]1CCCN(CC(=O)N2CCOCC2)C1. The van der Waals surface area contributed by atoms with Gasteiger partial charge in [0.25, 0.3) is 0 Å². The van der Waals surface area contributed by atoms with Gasteiger partial charge in [0.1, 0.15) is 5.75 Å². The van der Waals surface area contributed by atoms with Gasteiger partial charge in [0.05, 0.1) is 26.9 Å². The summed E-state index contributed by atoms with van der Waals surface area (Å²) in [4.78, 5) is 16.7. The van der Waals surface area contributed by atoms with Crippen LogP contribution in [0.2, 0.25) is 0 Å². The number of carbonyl (C=O) groups excluding carboxylic acids is 1. The molecule has 0 unspecified atom stereocenters. The number of hydrogen-bond donors (Lipinski definition) is 0. The third kappa shape index (κ3) is 4.48. The van der Waals surface area contributed by atoms with Crippen LogP contribution >= 0.6 is 0 Å². The molecule has 1 amide bonds. The Labute approximate surface area is 144 Å². The predicted octanol–water partition coefficient (Wildman–Crippen LogP) is 1.81. The Balaban J connectivity index is 1.53. The van der Waals surface area contributed by atoms with E-state index >= 15 is 0 Å². The van der Waals surface area contributed by atoms with E-state index in [0.717, 1.165) is 44.8 Å². The van der Waals surface area contributed by atoms with Gasteiger partial charge in [-0.25, -0.2) is 0 Å². The van der Waals surface area contributed by atoms with Crippen LogP contribution in [0.25, 0.3) is 0 Å². The molecule has 0 spiro atoms. The first-order chi connectivity index (χ1) is 11.8. The third-order valence-corrected chi connectivity index (χ3v) is 5.03. The number of amides is 1. The molecule has 0 aromatic heterocycles. The van der Waals surface area contributed by atoms with Gasteiger partial charge in [0, 0.05) is 19.6 Å². The number of ether oxygens (including phenoxy) is 2. The van der Waals surface area contributed by atoms with Crippen LogP contribution in [0.1, 0.15) is 18.4 Å². The van der Waals surface area contributed by atoms with Crippen molar-refractivity contribution < 1.29 is 14.3 Å². The largest absolute Gasteiger partial charge is 0.496 e. The molecule has 1 aromatic carbocycles.